The molecule has 0 spiro atoms. The van der Waals surface area contributed by atoms with Crippen molar-refractivity contribution in [2.24, 2.45) is 0 Å². The van der Waals surface area contributed by atoms with Crippen molar-refractivity contribution in [1.29, 1.82) is 0 Å². The molecule has 0 aliphatic heterocycles. The summed E-state index contributed by atoms with van der Waals surface area (Å²) in [6.07, 6.45) is -0.591. The van der Waals surface area contributed by atoms with Crippen LogP contribution in [0.25, 0.3) is 11.0 Å². The number of fused-ring (bicyclic) bond motifs is 1. The van der Waals surface area contributed by atoms with E-state index in [1.165, 1.54) is 19.2 Å². The Morgan fingerprint density at radius 3 is 2.78 bits per heavy atom. The molecule has 5 heteroatoms. The van der Waals surface area contributed by atoms with Crippen LogP contribution in [0.3, 0.4) is 0 Å². The highest BCUT2D eigenvalue weighted by molar-refractivity contribution is 5.80. The quantitative estimate of drug-likeness (QED) is 0.784. The molecule has 1 atom stereocenters. The van der Waals surface area contributed by atoms with Gasteiger partial charge in [-0.25, -0.2) is 9.18 Å². The SMILES string of the molecule is COc1cc2ccc(=O)oc2cc1OC(C)CF. The topological polar surface area (TPSA) is 48.7 Å². The van der Waals surface area contributed by atoms with Gasteiger partial charge in [-0.15, -0.1) is 0 Å². The Bertz CT molecular complexity index is 605. The lowest BCUT2D eigenvalue weighted by molar-refractivity contribution is 0.175. The minimum absolute atomic E-state index is 0.351. The second-order valence-corrected chi connectivity index (χ2v) is 3.88. The molecule has 0 N–H and O–H groups in total. The first-order chi connectivity index (χ1) is 8.63. The lowest BCUT2D eigenvalue weighted by atomic mass is 10.2. The molecule has 96 valence electrons. The lowest BCUT2D eigenvalue weighted by Crippen LogP contribution is -2.14. The number of rotatable bonds is 4. The van der Waals surface area contributed by atoms with Crippen LogP contribution in [0.1, 0.15) is 6.92 Å². The maximum absolute atomic E-state index is 12.4. The summed E-state index contributed by atoms with van der Waals surface area (Å²) in [5.74, 6) is 0.821. The van der Waals surface area contributed by atoms with E-state index in [0.717, 1.165) is 0 Å². The van der Waals surface area contributed by atoms with E-state index in [4.69, 9.17) is 13.9 Å². The molecule has 0 bridgehead atoms. The van der Waals surface area contributed by atoms with Gasteiger partial charge in [-0.2, -0.15) is 0 Å². The van der Waals surface area contributed by atoms with Crippen molar-refractivity contribution in [3.8, 4) is 11.5 Å². The highest BCUT2D eigenvalue weighted by atomic mass is 19.1. The summed E-state index contributed by atoms with van der Waals surface area (Å²) >= 11 is 0. The van der Waals surface area contributed by atoms with E-state index >= 15 is 0 Å². The maximum atomic E-state index is 12.4. The number of hydrogen-bond acceptors (Lipinski definition) is 4. The van der Waals surface area contributed by atoms with Crippen molar-refractivity contribution in [3.05, 3.63) is 34.7 Å². The second kappa shape index (κ2) is 5.08. The molecule has 1 unspecified atom stereocenters. The number of ether oxygens (including phenoxy) is 2. The van der Waals surface area contributed by atoms with E-state index in [2.05, 4.69) is 0 Å². The standard InChI is InChI=1S/C13H13FO4/c1-8(7-14)17-12-6-10-9(5-11(12)16-2)3-4-13(15)18-10/h3-6,8H,7H2,1-2H3. The van der Waals surface area contributed by atoms with Gasteiger partial charge in [0.25, 0.3) is 0 Å². The third-order valence-corrected chi connectivity index (χ3v) is 2.45. The van der Waals surface area contributed by atoms with Crippen LogP contribution in [0.15, 0.2) is 33.5 Å². The van der Waals surface area contributed by atoms with Gasteiger partial charge in [0.1, 0.15) is 18.4 Å². The fraction of sp³-hybridized carbons (Fsp3) is 0.308. The molecule has 2 rings (SSSR count). The van der Waals surface area contributed by atoms with Crippen LogP contribution >= 0.6 is 0 Å². The van der Waals surface area contributed by atoms with Crippen molar-refractivity contribution in [2.45, 2.75) is 13.0 Å². The van der Waals surface area contributed by atoms with Gasteiger partial charge in [-0.1, -0.05) is 0 Å². The summed E-state index contributed by atoms with van der Waals surface area (Å²) < 4.78 is 28.0. The van der Waals surface area contributed by atoms with Gasteiger partial charge >= 0.3 is 5.63 Å². The zero-order valence-electron chi connectivity index (χ0n) is 10.1. The van der Waals surface area contributed by atoms with Gasteiger partial charge in [0, 0.05) is 17.5 Å². The van der Waals surface area contributed by atoms with E-state index in [1.807, 2.05) is 0 Å². The van der Waals surface area contributed by atoms with Crippen LogP contribution in [0.5, 0.6) is 11.5 Å². The first-order valence-electron chi connectivity index (χ1n) is 5.48. The van der Waals surface area contributed by atoms with Crippen LogP contribution in [0.2, 0.25) is 0 Å². The van der Waals surface area contributed by atoms with Crippen molar-refractivity contribution in [1.82, 2.24) is 0 Å². The molecule has 0 aliphatic rings. The van der Waals surface area contributed by atoms with Crippen molar-refractivity contribution >= 4 is 11.0 Å². The lowest BCUT2D eigenvalue weighted by Gasteiger charge is -2.14. The Balaban J connectivity index is 2.52. The summed E-state index contributed by atoms with van der Waals surface area (Å²) in [4.78, 5) is 11.1. The first-order valence-corrected chi connectivity index (χ1v) is 5.48. The van der Waals surface area contributed by atoms with Gasteiger partial charge in [-0.05, 0) is 19.1 Å². The molecule has 1 heterocycles. The predicted octanol–water partition coefficient (Wildman–Crippen LogP) is 2.54. The second-order valence-electron chi connectivity index (χ2n) is 3.88. The Morgan fingerprint density at radius 2 is 2.11 bits per heavy atom. The highest BCUT2D eigenvalue weighted by Gasteiger charge is 2.11. The Morgan fingerprint density at radius 1 is 1.33 bits per heavy atom. The fourth-order valence-corrected chi connectivity index (χ4v) is 1.58. The predicted molar refractivity (Wildman–Crippen MR) is 65.1 cm³/mol. The summed E-state index contributed by atoms with van der Waals surface area (Å²) in [5.41, 5.74) is -0.0680. The molecule has 1 aromatic heterocycles. The third-order valence-electron chi connectivity index (χ3n) is 2.45. The number of benzene rings is 1. The summed E-state index contributed by atoms with van der Waals surface area (Å²) in [5, 5.41) is 0.715. The third kappa shape index (κ3) is 2.45. The smallest absolute Gasteiger partial charge is 0.336 e. The Hall–Kier alpha value is -2.04. The molecule has 4 nitrogen and oxygen atoms in total. The molecule has 0 radical (unpaired) electrons. The van der Waals surface area contributed by atoms with E-state index in [1.54, 1.807) is 19.1 Å². The van der Waals surface area contributed by atoms with Crippen molar-refractivity contribution in [3.63, 3.8) is 0 Å². The van der Waals surface area contributed by atoms with Gasteiger partial charge in [0.2, 0.25) is 0 Å². The highest BCUT2D eigenvalue weighted by Crippen LogP contribution is 2.32. The van der Waals surface area contributed by atoms with Crippen LogP contribution in [-0.4, -0.2) is 19.9 Å². The molecule has 2 aromatic rings. The van der Waals surface area contributed by atoms with Gasteiger partial charge in [-0.3, -0.25) is 0 Å². The average molecular weight is 252 g/mol. The van der Waals surface area contributed by atoms with E-state index in [0.29, 0.717) is 22.5 Å². The molecule has 0 amide bonds. The van der Waals surface area contributed by atoms with Crippen LogP contribution < -0.4 is 15.1 Å². The van der Waals surface area contributed by atoms with Crippen molar-refractivity contribution < 1.29 is 18.3 Å². The Kier molecular flexibility index (Phi) is 3.50. The van der Waals surface area contributed by atoms with Crippen LogP contribution in [0.4, 0.5) is 4.39 Å². The number of hydrogen-bond donors (Lipinski definition) is 0. The molecule has 0 saturated carbocycles. The minimum atomic E-state index is -0.611. The molecular weight excluding hydrogens is 239 g/mol. The van der Waals surface area contributed by atoms with Gasteiger partial charge in [0.15, 0.2) is 11.5 Å². The molecule has 1 aromatic carbocycles. The first kappa shape index (κ1) is 12.4. The molecule has 0 fully saturated rings. The van der Waals surface area contributed by atoms with Crippen LogP contribution in [-0.2, 0) is 0 Å². The number of methoxy groups -OCH3 is 1. The number of alkyl halides is 1. The normalized spacial score (nSPS) is 12.4. The molecular formula is C13H13FO4. The minimum Gasteiger partial charge on any atom is -0.493 e. The van der Waals surface area contributed by atoms with Gasteiger partial charge in [0.05, 0.1) is 7.11 Å². The van der Waals surface area contributed by atoms with E-state index in [-0.39, 0.29) is 0 Å². The monoisotopic (exact) mass is 252 g/mol. The van der Waals surface area contributed by atoms with Crippen LogP contribution in [0, 0.1) is 0 Å². The summed E-state index contributed by atoms with van der Waals surface area (Å²) in [6, 6.07) is 6.17. The van der Waals surface area contributed by atoms with E-state index in [9.17, 15) is 9.18 Å². The molecule has 0 saturated heterocycles. The molecule has 18 heavy (non-hydrogen) atoms. The maximum Gasteiger partial charge on any atom is 0.336 e. The largest absolute Gasteiger partial charge is 0.493 e. The Labute approximate surface area is 103 Å². The van der Waals surface area contributed by atoms with E-state index < -0.39 is 18.4 Å². The zero-order valence-corrected chi connectivity index (χ0v) is 10.1. The zero-order chi connectivity index (χ0) is 13.1. The average Bonchev–Trinajstić information content (AvgIpc) is 2.37. The summed E-state index contributed by atoms with van der Waals surface area (Å²) in [6.45, 7) is 0.991. The van der Waals surface area contributed by atoms with Gasteiger partial charge < -0.3 is 13.9 Å². The summed E-state index contributed by atoms with van der Waals surface area (Å²) in [7, 11) is 1.49. The van der Waals surface area contributed by atoms with Crippen molar-refractivity contribution in [2.75, 3.05) is 13.8 Å². The number of halogens is 1. The molecule has 0 aliphatic carbocycles. The fourth-order valence-electron chi connectivity index (χ4n) is 1.58.